The summed E-state index contributed by atoms with van der Waals surface area (Å²) in [5.74, 6) is 1.18. The predicted molar refractivity (Wildman–Crippen MR) is 53.6 cm³/mol. The van der Waals surface area contributed by atoms with Gasteiger partial charge in [0.25, 0.3) is 0 Å². The lowest BCUT2D eigenvalue weighted by atomic mass is 10.3. The van der Waals surface area contributed by atoms with Gasteiger partial charge in [0.05, 0.1) is 5.56 Å². The fourth-order valence-electron chi connectivity index (χ4n) is 1.29. The summed E-state index contributed by atoms with van der Waals surface area (Å²) in [6, 6.07) is 0.416. The van der Waals surface area contributed by atoms with E-state index >= 15 is 0 Å². The maximum atomic E-state index is 10.7. The van der Waals surface area contributed by atoms with E-state index in [0.29, 0.717) is 29.6 Å². The van der Waals surface area contributed by atoms with Crippen molar-refractivity contribution in [2.24, 2.45) is 5.92 Å². The molecule has 0 aliphatic heterocycles. The van der Waals surface area contributed by atoms with Gasteiger partial charge >= 0.3 is 0 Å². The van der Waals surface area contributed by atoms with Crippen LogP contribution in [-0.2, 0) is 0 Å². The van der Waals surface area contributed by atoms with E-state index < -0.39 is 0 Å². The molecule has 1 aliphatic carbocycles. The van der Waals surface area contributed by atoms with Gasteiger partial charge in [-0.25, -0.2) is 9.97 Å². The Hall–Kier alpha value is -1.16. The molecule has 14 heavy (non-hydrogen) atoms. The first-order chi connectivity index (χ1) is 6.72. The minimum absolute atomic E-state index is 0.200. The van der Waals surface area contributed by atoms with Crippen LogP contribution in [0.2, 0.25) is 5.15 Å². The van der Waals surface area contributed by atoms with Crippen LogP contribution in [0.25, 0.3) is 0 Å². The van der Waals surface area contributed by atoms with Crippen molar-refractivity contribution in [3.8, 4) is 0 Å². The molecule has 2 unspecified atom stereocenters. The molecule has 1 saturated carbocycles. The molecule has 0 saturated heterocycles. The maximum absolute atomic E-state index is 10.7. The Balaban J connectivity index is 2.23. The largest absolute Gasteiger partial charge is 0.366 e. The third kappa shape index (κ3) is 1.70. The van der Waals surface area contributed by atoms with E-state index in [2.05, 4.69) is 22.2 Å². The third-order valence-corrected chi connectivity index (χ3v) is 2.69. The highest BCUT2D eigenvalue weighted by Gasteiger charge is 2.33. The number of rotatable bonds is 3. The van der Waals surface area contributed by atoms with Gasteiger partial charge in [-0.2, -0.15) is 0 Å². The maximum Gasteiger partial charge on any atom is 0.156 e. The van der Waals surface area contributed by atoms with Crippen LogP contribution in [0.4, 0.5) is 5.82 Å². The number of anilines is 1. The van der Waals surface area contributed by atoms with Crippen LogP contribution in [-0.4, -0.2) is 22.3 Å². The smallest absolute Gasteiger partial charge is 0.156 e. The molecular formula is C9H10ClN3O. The van der Waals surface area contributed by atoms with E-state index in [0.717, 1.165) is 6.42 Å². The Labute approximate surface area is 86.7 Å². The SMILES string of the molecule is CC1CC1Nc1ncnc(Cl)c1C=O. The van der Waals surface area contributed by atoms with Crippen molar-refractivity contribution in [1.82, 2.24) is 9.97 Å². The Morgan fingerprint density at radius 1 is 1.64 bits per heavy atom. The predicted octanol–water partition coefficient (Wildman–Crippen LogP) is 1.76. The number of carbonyl (C=O) groups is 1. The van der Waals surface area contributed by atoms with Gasteiger partial charge < -0.3 is 5.32 Å². The average molecular weight is 212 g/mol. The molecule has 1 fully saturated rings. The zero-order valence-corrected chi connectivity index (χ0v) is 8.45. The Kier molecular flexibility index (Phi) is 2.37. The highest BCUT2D eigenvalue weighted by molar-refractivity contribution is 6.32. The minimum atomic E-state index is 0.200. The topological polar surface area (TPSA) is 54.9 Å². The summed E-state index contributed by atoms with van der Waals surface area (Å²) in [5.41, 5.74) is 0.341. The minimum Gasteiger partial charge on any atom is -0.366 e. The monoisotopic (exact) mass is 211 g/mol. The van der Waals surface area contributed by atoms with E-state index in [1.807, 2.05) is 0 Å². The van der Waals surface area contributed by atoms with Crippen LogP contribution in [0.15, 0.2) is 6.33 Å². The van der Waals surface area contributed by atoms with Crippen molar-refractivity contribution < 1.29 is 4.79 Å². The molecule has 0 spiro atoms. The second kappa shape index (κ2) is 3.53. The number of hydrogen-bond acceptors (Lipinski definition) is 4. The molecule has 2 atom stereocenters. The average Bonchev–Trinajstić information content (AvgIpc) is 2.82. The van der Waals surface area contributed by atoms with Crippen LogP contribution in [0.5, 0.6) is 0 Å². The molecule has 0 radical (unpaired) electrons. The lowest BCUT2D eigenvalue weighted by Crippen LogP contribution is -2.08. The van der Waals surface area contributed by atoms with Crippen molar-refractivity contribution in [3.63, 3.8) is 0 Å². The van der Waals surface area contributed by atoms with Crippen LogP contribution in [0.1, 0.15) is 23.7 Å². The molecule has 1 aromatic heterocycles. The van der Waals surface area contributed by atoms with E-state index in [9.17, 15) is 4.79 Å². The number of carbonyl (C=O) groups excluding carboxylic acids is 1. The summed E-state index contributed by atoms with van der Waals surface area (Å²) < 4.78 is 0. The number of aromatic nitrogens is 2. The van der Waals surface area contributed by atoms with E-state index in [1.165, 1.54) is 6.33 Å². The summed E-state index contributed by atoms with van der Waals surface area (Å²) in [5, 5.41) is 3.36. The Morgan fingerprint density at radius 3 is 2.93 bits per heavy atom. The molecule has 74 valence electrons. The highest BCUT2D eigenvalue weighted by atomic mass is 35.5. The molecule has 0 aromatic carbocycles. The van der Waals surface area contributed by atoms with Crippen molar-refractivity contribution in [3.05, 3.63) is 17.0 Å². The molecule has 5 heteroatoms. The molecule has 2 rings (SSSR count). The van der Waals surface area contributed by atoms with Gasteiger partial charge in [0.2, 0.25) is 0 Å². The van der Waals surface area contributed by atoms with Crippen molar-refractivity contribution in [2.75, 3.05) is 5.32 Å². The normalized spacial score (nSPS) is 24.4. The zero-order chi connectivity index (χ0) is 10.1. The fourth-order valence-corrected chi connectivity index (χ4v) is 1.47. The van der Waals surface area contributed by atoms with Gasteiger partial charge in [-0.3, -0.25) is 4.79 Å². The molecule has 1 aliphatic rings. The molecular weight excluding hydrogens is 202 g/mol. The van der Waals surface area contributed by atoms with Gasteiger partial charge in [0.1, 0.15) is 17.3 Å². The molecule has 0 amide bonds. The number of nitrogens with zero attached hydrogens (tertiary/aromatic N) is 2. The van der Waals surface area contributed by atoms with Crippen molar-refractivity contribution in [1.29, 1.82) is 0 Å². The van der Waals surface area contributed by atoms with Gasteiger partial charge in [-0.15, -0.1) is 0 Å². The second-order valence-corrected chi connectivity index (χ2v) is 3.87. The number of hydrogen-bond donors (Lipinski definition) is 1. The zero-order valence-electron chi connectivity index (χ0n) is 7.70. The van der Waals surface area contributed by atoms with Crippen LogP contribution >= 0.6 is 11.6 Å². The lowest BCUT2D eigenvalue weighted by molar-refractivity contribution is 0.112. The summed E-state index contributed by atoms with van der Waals surface area (Å²) >= 11 is 5.75. The molecule has 4 nitrogen and oxygen atoms in total. The summed E-state index contributed by atoms with van der Waals surface area (Å²) in [6.07, 6.45) is 3.14. The van der Waals surface area contributed by atoms with Crippen molar-refractivity contribution in [2.45, 2.75) is 19.4 Å². The van der Waals surface area contributed by atoms with Gasteiger partial charge in [-0.1, -0.05) is 18.5 Å². The van der Waals surface area contributed by atoms with Gasteiger partial charge in [0.15, 0.2) is 6.29 Å². The Morgan fingerprint density at radius 2 is 2.36 bits per heavy atom. The third-order valence-electron chi connectivity index (χ3n) is 2.38. The fraction of sp³-hybridized carbons (Fsp3) is 0.444. The number of halogens is 1. The van der Waals surface area contributed by atoms with Gasteiger partial charge in [-0.05, 0) is 12.3 Å². The molecule has 1 aromatic rings. The highest BCUT2D eigenvalue weighted by Crippen LogP contribution is 2.33. The summed E-state index contributed by atoms with van der Waals surface area (Å²) in [6.45, 7) is 2.14. The quantitative estimate of drug-likeness (QED) is 0.612. The van der Waals surface area contributed by atoms with Gasteiger partial charge in [0, 0.05) is 6.04 Å². The molecule has 1 heterocycles. The number of aldehydes is 1. The van der Waals surface area contributed by atoms with Crippen LogP contribution < -0.4 is 5.32 Å². The second-order valence-electron chi connectivity index (χ2n) is 3.51. The first-order valence-electron chi connectivity index (χ1n) is 4.44. The standard InChI is InChI=1S/C9H10ClN3O/c1-5-2-7(5)13-9-6(3-14)8(10)11-4-12-9/h3-5,7H,2H2,1H3,(H,11,12,13). The van der Waals surface area contributed by atoms with E-state index in [-0.39, 0.29) is 5.15 Å². The molecule has 1 N–H and O–H groups in total. The first-order valence-corrected chi connectivity index (χ1v) is 4.82. The first kappa shape index (κ1) is 9.40. The lowest BCUT2D eigenvalue weighted by Gasteiger charge is -2.06. The van der Waals surface area contributed by atoms with Crippen LogP contribution in [0.3, 0.4) is 0 Å². The Bertz CT molecular complexity index is 369. The van der Waals surface area contributed by atoms with E-state index in [4.69, 9.17) is 11.6 Å². The number of nitrogens with one attached hydrogen (secondary N) is 1. The van der Waals surface area contributed by atoms with Crippen LogP contribution in [0, 0.1) is 5.92 Å². The summed E-state index contributed by atoms with van der Waals surface area (Å²) in [4.78, 5) is 18.5. The van der Waals surface area contributed by atoms with Crippen molar-refractivity contribution >= 4 is 23.7 Å². The molecule has 0 bridgehead atoms. The summed E-state index contributed by atoms with van der Waals surface area (Å²) in [7, 11) is 0. The van der Waals surface area contributed by atoms with E-state index in [1.54, 1.807) is 0 Å².